The summed E-state index contributed by atoms with van der Waals surface area (Å²) < 4.78 is 42.0. The number of amides is 4. The average Bonchev–Trinajstić information content (AvgIpc) is 3.78. The van der Waals surface area contributed by atoms with E-state index in [2.05, 4.69) is 26.0 Å². The monoisotopic (exact) mass is 773 g/mol. The normalized spacial score (nSPS) is 16.3. The molecule has 282 valence electrons. The molecule has 3 aromatic carbocycles. The van der Waals surface area contributed by atoms with E-state index in [1.807, 2.05) is 0 Å². The quantitative estimate of drug-likeness (QED) is 0.160. The van der Waals surface area contributed by atoms with Gasteiger partial charge in [-0.15, -0.1) is 0 Å². The van der Waals surface area contributed by atoms with Crippen LogP contribution in [0.2, 0.25) is 5.02 Å². The number of carboxylic acid groups (broad SMARTS) is 1. The predicted octanol–water partition coefficient (Wildman–Crippen LogP) is 5.48. The molecule has 1 aliphatic carbocycles. The number of fused-ring (bicyclic) bond motifs is 3. The number of carboxylic acids is 1. The molecule has 17 heteroatoms. The van der Waals surface area contributed by atoms with Gasteiger partial charge in [0.1, 0.15) is 17.0 Å². The molecule has 5 aromatic rings. The second kappa shape index (κ2) is 14.5. The van der Waals surface area contributed by atoms with E-state index in [0.29, 0.717) is 28.9 Å². The SMILES string of the molecule is Cc1c(C(=O)O)ccc2c1CC[C@@H]2NC(=O)c1cc(C(=O)NCC2c3ccccc3CCN2C(=O)C(F)(F)F)nc2c(C(=O)Nc3ccccc3Cl)cnn12. The van der Waals surface area contributed by atoms with Crippen molar-refractivity contribution >= 4 is 52.5 Å². The third kappa shape index (κ3) is 7.07. The van der Waals surface area contributed by atoms with Crippen molar-refractivity contribution in [3.63, 3.8) is 0 Å². The first-order valence-electron chi connectivity index (χ1n) is 17.1. The van der Waals surface area contributed by atoms with Gasteiger partial charge >= 0.3 is 18.1 Å². The summed E-state index contributed by atoms with van der Waals surface area (Å²) in [5, 5.41) is 22.2. The average molecular weight is 774 g/mol. The molecule has 0 fully saturated rings. The van der Waals surface area contributed by atoms with Gasteiger partial charge in [0.25, 0.3) is 17.7 Å². The van der Waals surface area contributed by atoms with Crippen LogP contribution in [0.3, 0.4) is 0 Å². The molecule has 0 bridgehead atoms. The number of benzene rings is 3. The number of nitrogens with one attached hydrogen (secondary N) is 3. The van der Waals surface area contributed by atoms with E-state index >= 15 is 0 Å². The van der Waals surface area contributed by atoms with E-state index in [4.69, 9.17) is 11.6 Å². The molecule has 0 saturated carbocycles. The van der Waals surface area contributed by atoms with Crippen LogP contribution in [0.25, 0.3) is 5.65 Å². The third-order valence-electron chi connectivity index (χ3n) is 9.90. The summed E-state index contributed by atoms with van der Waals surface area (Å²) >= 11 is 6.24. The summed E-state index contributed by atoms with van der Waals surface area (Å²) in [4.78, 5) is 70.6. The Hall–Kier alpha value is -6.29. The van der Waals surface area contributed by atoms with Crippen molar-refractivity contribution in [3.8, 4) is 0 Å². The number of hydrogen-bond donors (Lipinski definition) is 4. The predicted molar refractivity (Wildman–Crippen MR) is 192 cm³/mol. The Kier molecular flexibility index (Phi) is 9.77. The highest BCUT2D eigenvalue weighted by Gasteiger charge is 2.46. The fourth-order valence-electron chi connectivity index (χ4n) is 7.20. The van der Waals surface area contributed by atoms with Crippen LogP contribution >= 0.6 is 11.6 Å². The Morgan fingerprint density at radius 3 is 2.42 bits per heavy atom. The molecule has 0 radical (unpaired) electrons. The second-order valence-corrected chi connectivity index (χ2v) is 13.5. The Balaban J connectivity index is 1.23. The topological polar surface area (TPSA) is 175 Å². The number of hydrogen-bond acceptors (Lipinski definition) is 7. The zero-order chi connectivity index (χ0) is 39.2. The maximum atomic E-state index is 14.0. The fourth-order valence-corrected chi connectivity index (χ4v) is 7.39. The van der Waals surface area contributed by atoms with Crippen LogP contribution in [-0.4, -0.2) is 73.5 Å². The Bertz CT molecular complexity index is 2420. The van der Waals surface area contributed by atoms with Gasteiger partial charge in [-0.25, -0.2) is 14.3 Å². The van der Waals surface area contributed by atoms with Crippen LogP contribution in [0.5, 0.6) is 0 Å². The molecule has 4 N–H and O–H groups in total. The van der Waals surface area contributed by atoms with E-state index < -0.39 is 54.4 Å². The van der Waals surface area contributed by atoms with Gasteiger partial charge in [0, 0.05) is 19.2 Å². The molecule has 4 amide bonds. The molecule has 7 rings (SSSR count). The van der Waals surface area contributed by atoms with Crippen molar-refractivity contribution in [1.29, 1.82) is 0 Å². The second-order valence-electron chi connectivity index (χ2n) is 13.1. The minimum atomic E-state index is -5.15. The van der Waals surface area contributed by atoms with Gasteiger partial charge in [0.05, 0.1) is 34.6 Å². The highest BCUT2D eigenvalue weighted by atomic mass is 35.5. The van der Waals surface area contributed by atoms with Crippen LogP contribution in [0, 0.1) is 6.92 Å². The third-order valence-corrected chi connectivity index (χ3v) is 10.2. The number of para-hydroxylation sites is 1. The number of rotatable bonds is 8. The van der Waals surface area contributed by atoms with Crippen LogP contribution in [0.1, 0.15) is 88.0 Å². The number of carbonyl (C=O) groups is 5. The molecule has 1 unspecified atom stereocenters. The number of halogens is 4. The summed E-state index contributed by atoms with van der Waals surface area (Å²) in [5.41, 5.74) is 2.82. The number of aromatic nitrogens is 3. The van der Waals surface area contributed by atoms with E-state index in [0.717, 1.165) is 33.5 Å². The van der Waals surface area contributed by atoms with E-state index in [1.54, 1.807) is 61.5 Å². The first-order valence-corrected chi connectivity index (χ1v) is 17.5. The van der Waals surface area contributed by atoms with Crippen LogP contribution < -0.4 is 16.0 Å². The van der Waals surface area contributed by atoms with Gasteiger partial charge in [-0.2, -0.15) is 18.3 Å². The van der Waals surface area contributed by atoms with Gasteiger partial charge in [-0.05, 0) is 72.2 Å². The molecule has 3 heterocycles. The molecule has 0 saturated heterocycles. The van der Waals surface area contributed by atoms with Crippen molar-refractivity contribution in [3.05, 3.63) is 128 Å². The summed E-state index contributed by atoms with van der Waals surface area (Å²) in [6.07, 6.45) is -2.85. The lowest BCUT2D eigenvalue weighted by molar-refractivity contribution is -0.188. The summed E-state index contributed by atoms with van der Waals surface area (Å²) in [7, 11) is 0. The molecule has 1 aliphatic heterocycles. The standard InChI is InChI=1S/C38H31ClF3N7O6/c1-19-21-12-13-27(24(21)11-10-22(19)36(53)54)46-35(52)30-16-29(45-32-25(17-44-49(30)32)33(50)47-28-9-5-4-8-26(28)39)34(51)43-18-31-23-7-3-2-6-20(23)14-15-48(31)37(55)38(40,41)42/h2-11,16-17,27,31H,12-15,18H2,1H3,(H,43,51)(H,46,52)(H,47,50)(H,53,54)/t27-,31?/m0/s1. The molecule has 13 nitrogen and oxygen atoms in total. The van der Waals surface area contributed by atoms with Gasteiger partial charge in [-0.1, -0.05) is 54.1 Å². The highest BCUT2D eigenvalue weighted by molar-refractivity contribution is 6.34. The van der Waals surface area contributed by atoms with E-state index in [-0.39, 0.29) is 51.8 Å². The zero-order valence-corrected chi connectivity index (χ0v) is 29.7. The molecule has 2 aromatic heterocycles. The number of carbonyl (C=O) groups excluding carboxylic acids is 4. The number of aromatic carboxylic acids is 1. The van der Waals surface area contributed by atoms with Gasteiger partial charge in [0.15, 0.2) is 5.65 Å². The Labute approximate surface area is 315 Å². The van der Waals surface area contributed by atoms with Crippen LogP contribution in [-0.2, 0) is 17.6 Å². The van der Waals surface area contributed by atoms with Crippen LogP contribution in [0.4, 0.5) is 18.9 Å². The zero-order valence-electron chi connectivity index (χ0n) is 28.9. The summed E-state index contributed by atoms with van der Waals surface area (Å²) in [6.45, 7) is 1.04. The lowest BCUT2D eigenvalue weighted by Gasteiger charge is -2.37. The molecule has 0 spiro atoms. The van der Waals surface area contributed by atoms with Crippen molar-refractivity contribution in [2.75, 3.05) is 18.4 Å². The summed E-state index contributed by atoms with van der Waals surface area (Å²) in [5.74, 6) is -5.44. The van der Waals surface area contributed by atoms with Crippen molar-refractivity contribution in [2.45, 2.75) is 44.4 Å². The van der Waals surface area contributed by atoms with Crippen LogP contribution in [0.15, 0.2) is 72.9 Å². The lowest BCUT2D eigenvalue weighted by atomic mass is 9.92. The maximum Gasteiger partial charge on any atom is 0.471 e. The Morgan fingerprint density at radius 2 is 1.67 bits per heavy atom. The lowest BCUT2D eigenvalue weighted by Crippen LogP contribution is -2.49. The van der Waals surface area contributed by atoms with Gasteiger partial charge in [0.2, 0.25) is 0 Å². The van der Waals surface area contributed by atoms with E-state index in [9.17, 15) is 42.3 Å². The number of nitrogens with zero attached hydrogens (tertiary/aromatic N) is 4. The van der Waals surface area contributed by atoms with Crippen molar-refractivity contribution in [1.82, 2.24) is 30.1 Å². The molecule has 2 aliphatic rings. The molecule has 2 atom stereocenters. The molecular weight excluding hydrogens is 743 g/mol. The first-order chi connectivity index (χ1) is 26.2. The molecule has 55 heavy (non-hydrogen) atoms. The van der Waals surface area contributed by atoms with E-state index in [1.165, 1.54) is 6.07 Å². The Morgan fingerprint density at radius 1 is 0.927 bits per heavy atom. The maximum absolute atomic E-state index is 14.0. The van der Waals surface area contributed by atoms with Gasteiger partial charge < -0.3 is 26.0 Å². The minimum absolute atomic E-state index is 0.130. The highest BCUT2D eigenvalue weighted by Crippen LogP contribution is 2.36. The largest absolute Gasteiger partial charge is 0.478 e. The van der Waals surface area contributed by atoms with Gasteiger partial charge in [-0.3, -0.25) is 19.2 Å². The number of alkyl halides is 3. The smallest absolute Gasteiger partial charge is 0.471 e. The summed E-state index contributed by atoms with van der Waals surface area (Å²) in [6, 6.07) is 15.7. The van der Waals surface area contributed by atoms with Crippen molar-refractivity contribution < 1.29 is 42.3 Å². The minimum Gasteiger partial charge on any atom is -0.478 e. The first kappa shape index (κ1) is 37.0. The fraction of sp³-hybridized carbons (Fsp3) is 0.237. The number of anilines is 1. The van der Waals surface area contributed by atoms with Crippen molar-refractivity contribution in [2.24, 2.45) is 0 Å². The molecular formula is C38H31ClF3N7O6.